The number of nitrogens with one attached hydrogen (secondary N) is 2. The molecule has 4 nitrogen and oxygen atoms in total. The van der Waals surface area contributed by atoms with Crippen LogP contribution >= 0.6 is 0 Å². The lowest BCUT2D eigenvalue weighted by atomic mass is 10.2. The van der Waals surface area contributed by atoms with Crippen LogP contribution in [0.3, 0.4) is 0 Å². The molecule has 0 aliphatic heterocycles. The Balaban J connectivity index is 2.20. The standard InChI is InChI=1S/C8H8F3N3O/c9-8(10,11)7(1-2-7)14-5-3-6(15)13-4-12-5/h3-4H,1-2H2,(H2,12,13,14,15). The Bertz CT molecular complexity index is 422. The molecule has 2 rings (SSSR count). The van der Waals surface area contributed by atoms with E-state index in [2.05, 4.69) is 15.3 Å². The molecule has 0 unspecified atom stereocenters. The maximum Gasteiger partial charge on any atom is 0.411 e. The molecular weight excluding hydrogens is 211 g/mol. The van der Waals surface area contributed by atoms with E-state index in [1.807, 2.05) is 0 Å². The molecule has 15 heavy (non-hydrogen) atoms. The van der Waals surface area contributed by atoms with Crippen LogP contribution in [0.1, 0.15) is 12.8 Å². The van der Waals surface area contributed by atoms with Crippen molar-refractivity contribution in [2.24, 2.45) is 0 Å². The van der Waals surface area contributed by atoms with Crippen molar-refractivity contribution in [1.82, 2.24) is 9.97 Å². The number of nitrogens with zero attached hydrogens (tertiary/aromatic N) is 1. The Morgan fingerprint density at radius 2 is 2.13 bits per heavy atom. The summed E-state index contributed by atoms with van der Waals surface area (Å²) in [5.41, 5.74) is -2.36. The third-order valence-corrected chi connectivity index (χ3v) is 2.34. The van der Waals surface area contributed by atoms with E-state index in [-0.39, 0.29) is 18.7 Å². The lowest BCUT2D eigenvalue weighted by molar-refractivity contribution is -0.151. The molecule has 0 amide bonds. The second-order valence-corrected chi connectivity index (χ2v) is 3.50. The van der Waals surface area contributed by atoms with Crippen LogP contribution in [0.15, 0.2) is 17.2 Å². The normalized spacial score (nSPS) is 18.6. The van der Waals surface area contributed by atoms with Crippen molar-refractivity contribution >= 4 is 5.82 Å². The number of H-pyrrole nitrogens is 1. The van der Waals surface area contributed by atoms with Crippen molar-refractivity contribution in [2.75, 3.05) is 5.32 Å². The lowest BCUT2D eigenvalue weighted by Gasteiger charge is -2.20. The molecule has 82 valence electrons. The largest absolute Gasteiger partial charge is 0.411 e. The zero-order chi connectivity index (χ0) is 11.1. The molecule has 0 spiro atoms. The van der Waals surface area contributed by atoms with Crippen molar-refractivity contribution in [1.29, 1.82) is 0 Å². The number of halogens is 3. The Morgan fingerprint density at radius 1 is 1.47 bits per heavy atom. The van der Waals surface area contributed by atoms with E-state index in [4.69, 9.17) is 0 Å². The predicted molar refractivity (Wildman–Crippen MR) is 46.5 cm³/mol. The van der Waals surface area contributed by atoms with Crippen LogP contribution < -0.4 is 10.9 Å². The molecular formula is C8H8F3N3O. The summed E-state index contributed by atoms with van der Waals surface area (Å²) in [5.74, 6) is -0.0476. The van der Waals surface area contributed by atoms with Crippen LogP contribution in [-0.4, -0.2) is 21.7 Å². The van der Waals surface area contributed by atoms with E-state index < -0.39 is 17.3 Å². The third-order valence-electron chi connectivity index (χ3n) is 2.34. The topological polar surface area (TPSA) is 57.8 Å². The van der Waals surface area contributed by atoms with Gasteiger partial charge in [0.15, 0.2) is 0 Å². The zero-order valence-electron chi connectivity index (χ0n) is 7.56. The fraction of sp³-hybridized carbons (Fsp3) is 0.500. The summed E-state index contributed by atoms with van der Waals surface area (Å²) in [6, 6.07) is 1.01. The Kier molecular flexibility index (Phi) is 1.99. The van der Waals surface area contributed by atoms with Crippen LogP contribution in [0, 0.1) is 0 Å². The number of anilines is 1. The number of rotatable bonds is 2. The number of alkyl halides is 3. The quantitative estimate of drug-likeness (QED) is 0.787. The average Bonchev–Trinajstić information content (AvgIpc) is 2.84. The SMILES string of the molecule is O=c1cc(NC2(C(F)(F)F)CC2)nc[nH]1. The zero-order valence-corrected chi connectivity index (χ0v) is 7.56. The summed E-state index contributed by atoms with van der Waals surface area (Å²) in [5, 5.41) is 2.25. The van der Waals surface area contributed by atoms with Crippen LogP contribution in [0.25, 0.3) is 0 Å². The minimum Gasteiger partial charge on any atom is -0.356 e. The van der Waals surface area contributed by atoms with Crippen molar-refractivity contribution in [3.05, 3.63) is 22.7 Å². The highest BCUT2D eigenvalue weighted by atomic mass is 19.4. The average molecular weight is 219 g/mol. The van der Waals surface area contributed by atoms with Gasteiger partial charge in [0, 0.05) is 6.07 Å². The molecule has 1 saturated carbocycles. The second kappa shape index (κ2) is 2.98. The molecule has 1 fully saturated rings. The van der Waals surface area contributed by atoms with Crippen molar-refractivity contribution in [3.8, 4) is 0 Å². The van der Waals surface area contributed by atoms with Gasteiger partial charge in [0.1, 0.15) is 11.4 Å². The first-order valence-corrected chi connectivity index (χ1v) is 4.33. The van der Waals surface area contributed by atoms with Gasteiger partial charge >= 0.3 is 6.18 Å². The smallest absolute Gasteiger partial charge is 0.356 e. The summed E-state index contributed by atoms with van der Waals surface area (Å²) in [6.45, 7) is 0. The molecule has 2 N–H and O–H groups in total. The minimum absolute atomic E-state index is 0.0188. The van der Waals surface area contributed by atoms with E-state index in [0.29, 0.717) is 0 Å². The van der Waals surface area contributed by atoms with Crippen molar-refractivity contribution in [3.63, 3.8) is 0 Å². The van der Waals surface area contributed by atoms with Gasteiger partial charge in [0.2, 0.25) is 0 Å². The molecule has 1 aliphatic rings. The van der Waals surface area contributed by atoms with Crippen LogP contribution in [-0.2, 0) is 0 Å². The van der Waals surface area contributed by atoms with E-state index in [0.717, 1.165) is 12.4 Å². The number of aromatic amines is 1. The van der Waals surface area contributed by atoms with Crippen LogP contribution in [0.2, 0.25) is 0 Å². The fourth-order valence-electron chi connectivity index (χ4n) is 1.29. The third kappa shape index (κ3) is 1.81. The van der Waals surface area contributed by atoms with Gasteiger partial charge in [-0.3, -0.25) is 4.79 Å². The van der Waals surface area contributed by atoms with Gasteiger partial charge in [-0.15, -0.1) is 0 Å². The Morgan fingerprint density at radius 3 is 2.60 bits per heavy atom. The maximum atomic E-state index is 12.5. The summed E-state index contributed by atoms with van der Waals surface area (Å²) in [7, 11) is 0. The lowest BCUT2D eigenvalue weighted by Crippen LogP contribution is -2.39. The molecule has 0 radical (unpaired) electrons. The second-order valence-electron chi connectivity index (χ2n) is 3.50. The molecule has 1 heterocycles. The first kappa shape index (κ1) is 10.0. The molecule has 1 aromatic heterocycles. The molecule has 0 aromatic carbocycles. The van der Waals surface area contributed by atoms with Crippen LogP contribution in [0.5, 0.6) is 0 Å². The fourth-order valence-corrected chi connectivity index (χ4v) is 1.29. The number of aromatic nitrogens is 2. The van der Waals surface area contributed by atoms with E-state index >= 15 is 0 Å². The van der Waals surface area contributed by atoms with Gasteiger partial charge in [0.05, 0.1) is 6.33 Å². The maximum absolute atomic E-state index is 12.5. The van der Waals surface area contributed by atoms with Crippen molar-refractivity contribution < 1.29 is 13.2 Å². The first-order valence-electron chi connectivity index (χ1n) is 4.33. The molecule has 0 saturated heterocycles. The highest BCUT2D eigenvalue weighted by Crippen LogP contribution is 2.50. The summed E-state index contributed by atoms with van der Waals surface area (Å²) in [4.78, 5) is 16.7. The van der Waals surface area contributed by atoms with Gasteiger partial charge in [-0.05, 0) is 12.8 Å². The monoisotopic (exact) mass is 219 g/mol. The Hall–Kier alpha value is -1.53. The highest BCUT2D eigenvalue weighted by Gasteiger charge is 2.63. The number of hydrogen-bond acceptors (Lipinski definition) is 3. The molecule has 7 heteroatoms. The molecule has 0 bridgehead atoms. The van der Waals surface area contributed by atoms with Gasteiger partial charge in [0.25, 0.3) is 5.56 Å². The summed E-state index contributed by atoms with van der Waals surface area (Å²) >= 11 is 0. The Labute approximate surface area is 82.5 Å². The van der Waals surface area contributed by atoms with Gasteiger partial charge in [-0.2, -0.15) is 13.2 Å². The molecule has 1 aromatic rings. The first-order chi connectivity index (χ1) is 6.93. The van der Waals surface area contributed by atoms with E-state index in [1.54, 1.807) is 0 Å². The van der Waals surface area contributed by atoms with Gasteiger partial charge in [-0.25, -0.2) is 4.98 Å². The van der Waals surface area contributed by atoms with E-state index in [1.165, 1.54) is 0 Å². The minimum atomic E-state index is -4.31. The molecule has 1 aliphatic carbocycles. The predicted octanol–water partition coefficient (Wildman–Crippen LogP) is 1.28. The van der Waals surface area contributed by atoms with Crippen molar-refractivity contribution in [2.45, 2.75) is 24.6 Å². The van der Waals surface area contributed by atoms with E-state index in [9.17, 15) is 18.0 Å². The highest BCUT2D eigenvalue weighted by molar-refractivity contribution is 5.40. The van der Waals surface area contributed by atoms with Gasteiger partial charge < -0.3 is 10.3 Å². The summed E-state index contributed by atoms with van der Waals surface area (Å²) in [6.07, 6.45) is -3.20. The summed E-state index contributed by atoms with van der Waals surface area (Å²) < 4.78 is 37.5. The number of hydrogen-bond donors (Lipinski definition) is 2. The van der Waals surface area contributed by atoms with Crippen LogP contribution in [0.4, 0.5) is 19.0 Å². The molecule has 0 atom stereocenters. The van der Waals surface area contributed by atoms with Gasteiger partial charge in [-0.1, -0.05) is 0 Å².